The van der Waals surface area contributed by atoms with Crippen LogP contribution in [-0.4, -0.2) is 27.0 Å². The van der Waals surface area contributed by atoms with Gasteiger partial charge in [-0.25, -0.2) is 9.50 Å². The Morgan fingerprint density at radius 1 is 1.25 bits per heavy atom. The van der Waals surface area contributed by atoms with Crippen LogP contribution >= 0.6 is 0 Å². The number of hydrogen-bond acceptors (Lipinski definition) is 3. The first-order valence-electron chi connectivity index (χ1n) is 7.44. The summed E-state index contributed by atoms with van der Waals surface area (Å²) in [6.45, 7) is 2.52. The predicted molar refractivity (Wildman–Crippen MR) is 76.9 cm³/mol. The van der Waals surface area contributed by atoms with Crippen molar-refractivity contribution in [3.8, 4) is 0 Å². The van der Waals surface area contributed by atoms with Gasteiger partial charge in [-0.05, 0) is 38.2 Å². The molecule has 0 unspecified atom stereocenters. The van der Waals surface area contributed by atoms with Crippen molar-refractivity contribution in [2.24, 2.45) is 0 Å². The summed E-state index contributed by atoms with van der Waals surface area (Å²) in [5.41, 5.74) is 3.75. The van der Waals surface area contributed by atoms with Gasteiger partial charge in [0.1, 0.15) is 5.56 Å². The number of aryl methyl sites for hydroxylation is 2. The number of carbonyl (C=O) groups is 1. The van der Waals surface area contributed by atoms with E-state index in [4.69, 9.17) is 0 Å². The highest BCUT2D eigenvalue weighted by molar-refractivity contribution is 5.99. The molecule has 0 spiro atoms. The minimum Gasteiger partial charge on any atom is -0.352 e. The van der Waals surface area contributed by atoms with Crippen molar-refractivity contribution in [3.63, 3.8) is 0 Å². The molecule has 0 saturated heterocycles. The number of fused-ring (bicyclic) bond motifs is 3. The number of carbonyl (C=O) groups excluding carboxylic acids is 1. The molecule has 2 aromatic heterocycles. The number of hydrogen-bond donors (Lipinski definition) is 1. The number of nitrogens with zero attached hydrogens (tertiary/aromatic N) is 3. The fourth-order valence-corrected chi connectivity index (χ4v) is 2.87. The van der Waals surface area contributed by atoms with Crippen molar-refractivity contribution in [2.75, 3.05) is 6.54 Å². The third-order valence-corrected chi connectivity index (χ3v) is 3.90. The van der Waals surface area contributed by atoms with E-state index in [1.54, 1.807) is 6.20 Å². The first-order valence-corrected chi connectivity index (χ1v) is 7.44. The van der Waals surface area contributed by atoms with E-state index in [0.717, 1.165) is 12.8 Å². The summed E-state index contributed by atoms with van der Waals surface area (Å²) in [5, 5.41) is 7.21. The number of aromatic nitrogens is 3. The van der Waals surface area contributed by atoms with Crippen LogP contribution in [-0.2, 0) is 12.8 Å². The molecule has 5 nitrogen and oxygen atoms in total. The lowest BCUT2D eigenvalue weighted by molar-refractivity contribution is 0.0957. The second kappa shape index (κ2) is 5.61. The van der Waals surface area contributed by atoms with E-state index >= 15 is 0 Å². The summed E-state index contributed by atoms with van der Waals surface area (Å²) in [5.74, 6) is -0.0965. The van der Waals surface area contributed by atoms with Gasteiger partial charge in [0.15, 0.2) is 5.65 Å². The zero-order valence-electron chi connectivity index (χ0n) is 11.9. The molecule has 106 valence electrons. The predicted octanol–water partition coefficient (Wildman–Crippen LogP) is 2.14. The Labute approximate surface area is 118 Å². The molecular weight excluding hydrogens is 252 g/mol. The maximum absolute atomic E-state index is 12.0. The average Bonchev–Trinajstić information content (AvgIpc) is 2.83. The molecule has 0 aromatic carbocycles. The van der Waals surface area contributed by atoms with E-state index < -0.39 is 0 Å². The first-order chi connectivity index (χ1) is 9.81. The van der Waals surface area contributed by atoms with Crippen molar-refractivity contribution >= 4 is 11.6 Å². The molecule has 3 rings (SSSR count). The van der Waals surface area contributed by atoms with Gasteiger partial charge in [-0.2, -0.15) is 5.10 Å². The second-order valence-electron chi connectivity index (χ2n) is 5.30. The summed E-state index contributed by atoms with van der Waals surface area (Å²) in [4.78, 5) is 16.5. The first kappa shape index (κ1) is 13.1. The van der Waals surface area contributed by atoms with Crippen LogP contribution in [0, 0.1) is 0 Å². The van der Waals surface area contributed by atoms with Crippen molar-refractivity contribution in [1.82, 2.24) is 19.9 Å². The molecule has 1 N–H and O–H groups in total. The molecule has 2 heterocycles. The summed E-state index contributed by atoms with van der Waals surface area (Å²) in [6, 6.07) is 0. The molecule has 0 radical (unpaired) electrons. The quantitative estimate of drug-likeness (QED) is 0.911. The number of rotatable bonds is 2. The second-order valence-corrected chi connectivity index (χ2v) is 5.30. The van der Waals surface area contributed by atoms with Gasteiger partial charge in [0.05, 0.1) is 6.20 Å². The number of nitrogens with one attached hydrogen (secondary N) is 1. The largest absolute Gasteiger partial charge is 0.352 e. The lowest BCUT2D eigenvalue weighted by Crippen LogP contribution is -2.22. The van der Waals surface area contributed by atoms with E-state index in [9.17, 15) is 4.79 Å². The fraction of sp³-hybridized carbons (Fsp3) is 0.533. The summed E-state index contributed by atoms with van der Waals surface area (Å²) in [6.07, 6.45) is 10.6. The van der Waals surface area contributed by atoms with Crippen LogP contribution < -0.4 is 5.32 Å². The topological polar surface area (TPSA) is 59.3 Å². The van der Waals surface area contributed by atoms with Gasteiger partial charge in [0.25, 0.3) is 5.91 Å². The van der Waals surface area contributed by atoms with Crippen LogP contribution in [0.1, 0.15) is 54.2 Å². The average molecular weight is 272 g/mol. The molecule has 0 saturated carbocycles. The third-order valence-electron chi connectivity index (χ3n) is 3.90. The highest BCUT2D eigenvalue weighted by atomic mass is 16.1. The zero-order chi connectivity index (χ0) is 13.9. The van der Waals surface area contributed by atoms with Gasteiger partial charge in [0, 0.05) is 18.4 Å². The molecule has 1 amide bonds. The van der Waals surface area contributed by atoms with Crippen LogP contribution in [0.2, 0.25) is 0 Å². The lowest BCUT2D eigenvalue weighted by Gasteiger charge is -2.14. The maximum atomic E-state index is 12.0. The highest BCUT2D eigenvalue weighted by Gasteiger charge is 2.18. The minimum absolute atomic E-state index is 0.0965. The van der Waals surface area contributed by atoms with Crippen molar-refractivity contribution in [1.29, 1.82) is 0 Å². The van der Waals surface area contributed by atoms with Gasteiger partial charge < -0.3 is 5.32 Å². The van der Waals surface area contributed by atoms with Gasteiger partial charge in [-0.15, -0.1) is 0 Å². The molecule has 0 atom stereocenters. The van der Waals surface area contributed by atoms with E-state index in [0.29, 0.717) is 17.8 Å². The maximum Gasteiger partial charge on any atom is 0.256 e. The monoisotopic (exact) mass is 272 g/mol. The molecule has 0 fully saturated rings. The van der Waals surface area contributed by atoms with Crippen LogP contribution in [0.4, 0.5) is 0 Å². The van der Waals surface area contributed by atoms with E-state index in [1.165, 1.54) is 36.9 Å². The molecule has 1 aliphatic rings. The number of amides is 1. The molecule has 2 aromatic rings. The van der Waals surface area contributed by atoms with Crippen LogP contribution in [0.25, 0.3) is 5.65 Å². The summed E-state index contributed by atoms with van der Waals surface area (Å²) in [7, 11) is 0. The minimum atomic E-state index is -0.0965. The van der Waals surface area contributed by atoms with E-state index in [1.807, 2.05) is 17.6 Å². The van der Waals surface area contributed by atoms with Crippen molar-refractivity contribution < 1.29 is 4.79 Å². The lowest BCUT2D eigenvalue weighted by atomic mass is 9.98. The third kappa shape index (κ3) is 2.28. The molecule has 1 aliphatic carbocycles. The molecule has 5 heteroatoms. The van der Waals surface area contributed by atoms with Crippen LogP contribution in [0.15, 0.2) is 12.4 Å². The smallest absolute Gasteiger partial charge is 0.256 e. The normalized spacial score (nSPS) is 15.4. The summed E-state index contributed by atoms with van der Waals surface area (Å²) < 4.78 is 1.87. The van der Waals surface area contributed by atoms with Gasteiger partial charge >= 0.3 is 0 Å². The van der Waals surface area contributed by atoms with Crippen LogP contribution in [0.3, 0.4) is 0 Å². The Morgan fingerprint density at radius 2 is 2.05 bits per heavy atom. The van der Waals surface area contributed by atoms with Crippen LogP contribution in [0.5, 0.6) is 0 Å². The van der Waals surface area contributed by atoms with Gasteiger partial charge in [-0.1, -0.05) is 12.8 Å². The van der Waals surface area contributed by atoms with E-state index in [-0.39, 0.29) is 5.91 Å². The Morgan fingerprint density at radius 3 is 2.85 bits per heavy atom. The van der Waals surface area contributed by atoms with Gasteiger partial charge in [-0.3, -0.25) is 4.79 Å². The molecule has 20 heavy (non-hydrogen) atoms. The van der Waals surface area contributed by atoms with Gasteiger partial charge in [0.2, 0.25) is 0 Å². The zero-order valence-corrected chi connectivity index (χ0v) is 11.9. The summed E-state index contributed by atoms with van der Waals surface area (Å²) >= 11 is 0. The Balaban J connectivity index is 2.07. The Bertz CT molecular complexity index is 632. The van der Waals surface area contributed by atoms with Crippen molar-refractivity contribution in [2.45, 2.75) is 45.4 Å². The highest BCUT2D eigenvalue weighted by Crippen LogP contribution is 2.21. The molecule has 0 bridgehead atoms. The fourth-order valence-electron chi connectivity index (χ4n) is 2.87. The molecule has 0 aliphatic heterocycles. The standard InChI is InChI=1S/C15H20N4O/c1-2-16-15(20)12-10-18-19-13-8-6-4-3-5-7-11(13)9-17-14(12)19/h9-10H,2-8H2,1H3,(H,16,20). The van der Waals surface area contributed by atoms with E-state index in [2.05, 4.69) is 15.4 Å². The molecular formula is C15H20N4O. The van der Waals surface area contributed by atoms with Crippen molar-refractivity contribution in [3.05, 3.63) is 29.2 Å². The Kier molecular flexibility index (Phi) is 3.67. The Hall–Kier alpha value is -1.91. The SMILES string of the molecule is CCNC(=O)c1cnn2c3c(cnc12)CCCCCC3.